The van der Waals surface area contributed by atoms with Crippen molar-refractivity contribution in [2.24, 2.45) is 0 Å². The molecule has 1 aromatic carbocycles. The number of halogens is 5. The van der Waals surface area contributed by atoms with Crippen LogP contribution >= 0.6 is 0 Å². The van der Waals surface area contributed by atoms with Crippen molar-refractivity contribution in [3.05, 3.63) is 63.1 Å². The van der Waals surface area contributed by atoms with Gasteiger partial charge in [-0.25, -0.2) is 8.78 Å². The molecule has 0 radical (unpaired) electrons. The summed E-state index contributed by atoms with van der Waals surface area (Å²) < 4.78 is 68.7. The van der Waals surface area contributed by atoms with Crippen molar-refractivity contribution >= 4 is 11.7 Å². The van der Waals surface area contributed by atoms with Crippen molar-refractivity contribution in [2.75, 3.05) is 11.6 Å². The van der Waals surface area contributed by atoms with Crippen molar-refractivity contribution < 1.29 is 36.6 Å². The van der Waals surface area contributed by atoms with Gasteiger partial charge in [0.05, 0.1) is 5.56 Å². The van der Waals surface area contributed by atoms with Crippen molar-refractivity contribution in [3.63, 3.8) is 0 Å². The third-order valence-corrected chi connectivity index (χ3v) is 6.47. The molecule has 1 fully saturated rings. The van der Waals surface area contributed by atoms with Gasteiger partial charge < -0.3 is 10.0 Å². The third kappa shape index (κ3) is 4.37. The lowest BCUT2D eigenvalue weighted by Crippen LogP contribution is -2.66. The zero-order chi connectivity index (χ0) is 25.7. The van der Waals surface area contributed by atoms with Crippen LogP contribution in [0.2, 0.25) is 0 Å². The Morgan fingerprint density at radius 3 is 2.57 bits per heavy atom. The summed E-state index contributed by atoms with van der Waals surface area (Å²) in [5, 5.41) is 12.0. The lowest BCUT2D eigenvalue weighted by Gasteiger charge is -2.50. The highest BCUT2D eigenvalue weighted by Crippen LogP contribution is 2.35. The standard InChI is InChI=1S/C23H22F5N3O4/c1-12(23(26,27)28)31-18-4-2-3-9-29(18)30-11-15(20(33)21(34)19(30)22(31)35)17(32)8-6-13-5-7-14(24)10-16(13)25/h5,7,10-12,18,34H,2-4,6,8-9H2,1H3/t12-,18+/m0/s1. The molecule has 1 aromatic heterocycles. The fourth-order valence-corrected chi connectivity index (χ4v) is 4.58. The van der Waals surface area contributed by atoms with E-state index in [9.17, 15) is 41.4 Å². The van der Waals surface area contributed by atoms with Crippen LogP contribution in [0.1, 0.15) is 59.0 Å². The first-order chi connectivity index (χ1) is 16.4. The molecule has 1 N–H and O–H groups in total. The number of hydrogen-bond donors (Lipinski definition) is 1. The van der Waals surface area contributed by atoms with Crippen LogP contribution in [0.25, 0.3) is 0 Å². The van der Waals surface area contributed by atoms with E-state index < -0.39 is 64.1 Å². The predicted octanol–water partition coefficient (Wildman–Crippen LogP) is 3.50. The molecule has 0 bridgehead atoms. The average Bonchev–Trinajstić information content (AvgIpc) is 2.79. The summed E-state index contributed by atoms with van der Waals surface area (Å²) >= 11 is 0. The van der Waals surface area contributed by atoms with Gasteiger partial charge in [-0.05, 0) is 44.2 Å². The normalized spacial score (nSPS) is 18.8. The molecule has 4 rings (SSSR count). The molecule has 188 valence electrons. The van der Waals surface area contributed by atoms with Crippen molar-refractivity contribution in [1.29, 1.82) is 0 Å². The van der Waals surface area contributed by atoms with E-state index in [0.29, 0.717) is 23.8 Å². The first kappa shape index (κ1) is 24.7. The van der Waals surface area contributed by atoms with Crippen LogP contribution in [0.5, 0.6) is 5.75 Å². The molecule has 2 aliphatic heterocycles. The van der Waals surface area contributed by atoms with E-state index in [0.717, 1.165) is 23.9 Å². The molecule has 2 atom stereocenters. The summed E-state index contributed by atoms with van der Waals surface area (Å²) in [6, 6.07) is 0.687. The number of hydrogen-bond acceptors (Lipinski definition) is 5. The molecular formula is C23H22F5N3O4. The van der Waals surface area contributed by atoms with Gasteiger partial charge in [0.15, 0.2) is 17.2 Å². The van der Waals surface area contributed by atoms with Crippen molar-refractivity contribution in [2.45, 2.75) is 57.4 Å². The maximum absolute atomic E-state index is 13.9. The quantitative estimate of drug-likeness (QED) is 0.503. The van der Waals surface area contributed by atoms with E-state index in [1.807, 2.05) is 0 Å². The number of amides is 1. The summed E-state index contributed by atoms with van der Waals surface area (Å²) in [7, 11) is 0. The van der Waals surface area contributed by atoms with E-state index >= 15 is 0 Å². The number of aromatic hydroxyl groups is 1. The molecule has 0 aliphatic carbocycles. The van der Waals surface area contributed by atoms with Crippen LogP contribution in [0.4, 0.5) is 22.0 Å². The monoisotopic (exact) mass is 499 g/mol. The molecule has 1 saturated heterocycles. The average molecular weight is 499 g/mol. The summed E-state index contributed by atoms with van der Waals surface area (Å²) in [6.07, 6.45) is -3.82. The van der Waals surface area contributed by atoms with E-state index in [1.54, 1.807) is 0 Å². The minimum atomic E-state index is -4.73. The summed E-state index contributed by atoms with van der Waals surface area (Å²) in [5.74, 6) is -4.71. The van der Waals surface area contributed by atoms with Gasteiger partial charge in [-0.1, -0.05) is 6.07 Å². The smallest absolute Gasteiger partial charge is 0.408 e. The Bertz CT molecular complexity index is 1240. The van der Waals surface area contributed by atoms with E-state index in [1.165, 1.54) is 11.1 Å². The minimum absolute atomic E-state index is 0.0464. The number of carbonyl (C=O) groups excluding carboxylic acids is 2. The molecular weight excluding hydrogens is 477 g/mol. The van der Waals surface area contributed by atoms with Crippen molar-refractivity contribution in [1.82, 2.24) is 9.58 Å². The highest BCUT2D eigenvalue weighted by Gasteiger charge is 2.50. The zero-order valence-corrected chi connectivity index (χ0v) is 18.6. The molecule has 1 amide bonds. The summed E-state index contributed by atoms with van der Waals surface area (Å²) in [4.78, 5) is 39.3. The van der Waals surface area contributed by atoms with Gasteiger partial charge in [0.2, 0.25) is 5.43 Å². The Morgan fingerprint density at radius 2 is 1.91 bits per heavy atom. The second-order valence-corrected chi connectivity index (χ2v) is 8.64. The van der Waals surface area contributed by atoms with Gasteiger partial charge in [0.25, 0.3) is 5.91 Å². The van der Waals surface area contributed by atoms with E-state index in [-0.39, 0.29) is 31.4 Å². The fourth-order valence-electron chi connectivity index (χ4n) is 4.58. The number of Topliss-reactive ketones (excluding diaryl/α,β-unsaturated/α-hetero) is 1. The Kier molecular flexibility index (Phi) is 6.32. The SMILES string of the molecule is C[C@H](N1C(=O)c2c(O)c(=O)c(C(=O)CCc3ccc(F)cc3F)cn2N2CCCC[C@@H]12)C(F)(F)F. The zero-order valence-electron chi connectivity index (χ0n) is 18.6. The number of fused-ring (bicyclic) bond motifs is 3. The second-order valence-electron chi connectivity index (χ2n) is 8.64. The van der Waals surface area contributed by atoms with Gasteiger partial charge in [0, 0.05) is 25.2 Å². The van der Waals surface area contributed by atoms with Crippen molar-refractivity contribution in [3.8, 4) is 5.75 Å². The molecule has 0 unspecified atom stereocenters. The highest BCUT2D eigenvalue weighted by atomic mass is 19.4. The number of ketones is 1. The number of carbonyl (C=O) groups is 2. The molecule has 12 heteroatoms. The van der Waals surface area contributed by atoms with Gasteiger partial charge in [0.1, 0.15) is 23.8 Å². The van der Waals surface area contributed by atoms with Gasteiger partial charge in [-0.15, -0.1) is 0 Å². The fraction of sp³-hybridized carbons (Fsp3) is 0.435. The molecule has 2 aromatic rings. The van der Waals surface area contributed by atoms with Crippen LogP contribution in [0.15, 0.2) is 29.2 Å². The van der Waals surface area contributed by atoms with Crippen LogP contribution in [0, 0.1) is 11.6 Å². The minimum Gasteiger partial charge on any atom is -0.502 e. The number of rotatable bonds is 5. The largest absolute Gasteiger partial charge is 0.502 e. The summed E-state index contributed by atoms with van der Waals surface area (Å²) in [6.45, 7) is 1.06. The van der Waals surface area contributed by atoms with E-state index in [4.69, 9.17) is 0 Å². The topological polar surface area (TPSA) is 82.9 Å². The highest BCUT2D eigenvalue weighted by molar-refractivity contribution is 6.00. The van der Waals surface area contributed by atoms with Crippen LogP contribution in [-0.4, -0.2) is 51.3 Å². The van der Waals surface area contributed by atoms with Crippen LogP contribution < -0.4 is 10.4 Å². The van der Waals surface area contributed by atoms with Crippen LogP contribution in [0.3, 0.4) is 0 Å². The third-order valence-electron chi connectivity index (χ3n) is 6.47. The second kappa shape index (κ2) is 8.97. The van der Waals surface area contributed by atoms with Crippen LogP contribution in [-0.2, 0) is 6.42 Å². The maximum Gasteiger partial charge on any atom is 0.408 e. The number of alkyl halides is 3. The molecule has 35 heavy (non-hydrogen) atoms. The van der Waals surface area contributed by atoms with E-state index in [2.05, 4.69) is 0 Å². The molecule has 0 spiro atoms. The number of pyridine rings is 1. The summed E-state index contributed by atoms with van der Waals surface area (Å²) in [5.41, 5.74) is -2.29. The Hall–Kier alpha value is -3.44. The molecule has 2 aliphatic rings. The maximum atomic E-state index is 13.9. The first-order valence-corrected chi connectivity index (χ1v) is 11.0. The number of aryl methyl sites for hydroxylation is 1. The molecule has 3 heterocycles. The first-order valence-electron chi connectivity index (χ1n) is 11.0. The molecule has 7 nitrogen and oxygen atoms in total. The Morgan fingerprint density at radius 1 is 1.20 bits per heavy atom. The lowest BCUT2D eigenvalue weighted by molar-refractivity contribution is -0.179. The number of benzene rings is 1. The number of nitrogens with zero attached hydrogens (tertiary/aromatic N) is 3. The lowest BCUT2D eigenvalue weighted by atomic mass is 10.0. The Labute approximate surface area is 196 Å². The van der Waals surface area contributed by atoms with Gasteiger partial charge >= 0.3 is 6.18 Å². The van der Waals surface area contributed by atoms with Gasteiger partial charge in [-0.3, -0.25) is 24.1 Å². The molecule has 0 saturated carbocycles. The Balaban J connectivity index is 1.72. The predicted molar refractivity (Wildman–Crippen MR) is 114 cm³/mol. The number of aromatic nitrogens is 1. The van der Waals surface area contributed by atoms with Gasteiger partial charge in [-0.2, -0.15) is 13.2 Å². The number of piperidine rings is 1.